The van der Waals surface area contributed by atoms with Crippen molar-refractivity contribution >= 4 is 15.9 Å². The zero-order chi connectivity index (χ0) is 21.7. The van der Waals surface area contributed by atoms with Gasteiger partial charge in [0.05, 0.1) is 18.2 Å². The van der Waals surface area contributed by atoms with Crippen molar-refractivity contribution < 1.29 is 18.9 Å². The van der Waals surface area contributed by atoms with Crippen LogP contribution in [0.5, 0.6) is 11.5 Å². The molecule has 2 atom stereocenters. The molecule has 0 aliphatic rings. The number of methoxy groups -OCH3 is 2. The molecule has 1 aromatic rings. The smallest absolute Gasteiger partial charge is 0.186 e. The summed E-state index contributed by atoms with van der Waals surface area (Å²) in [5, 5.41) is 3.62. The fourth-order valence-corrected chi connectivity index (χ4v) is 3.34. The average Bonchev–Trinajstić information content (AvgIpc) is 2.73. The Morgan fingerprint density at radius 1 is 1.38 bits per heavy atom. The minimum atomic E-state index is -0.502. The molecule has 9 heteroatoms. The number of hydrogen-bond donors (Lipinski definition) is 0. The molecule has 0 saturated carbocycles. The number of rotatable bonds is 15. The summed E-state index contributed by atoms with van der Waals surface area (Å²) in [6.45, 7) is 9.19. The van der Waals surface area contributed by atoms with Gasteiger partial charge in [0.2, 0.25) is 0 Å². The van der Waals surface area contributed by atoms with Crippen molar-refractivity contribution in [3.05, 3.63) is 39.5 Å². The predicted molar refractivity (Wildman–Crippen MR) is 116 cm³/mol. The monoisotopic (exact) mass is 470 g/mol. The fraction of sp³-hybridized carbons (Fsp3) is 0.650. The molecule has 0 aliphatic carbocycles. The van der Waals surface area contributed by atoms with Crippen molar-refractivity contribution in [3.8, 4) is 11.5 Å². The Morgan fingerprint density at radius 3 is 2.72 bits per heavy atom. The van der Waals surface area contributed by atoms with E-state index in [2.05, 4.69) is 44.4 Å². The Kier molecular flexibility index (Phi) is 11.7. The number of nitrogens with zero attached hydrogens (tertiary/aromatic N) is 4. The molecule has 0 aromatic carbocycles. The van der Waals surface area contributed by atoms with Gasteiger partial charge < -0.3 is 18.9 Å². The second-order valence-corrected chi connectivity index (χ2v) is 7.63. The van der Waals surface area contributed by atoms with E-state index in [1.54, 1.807) is 20.4 Å². The minimum Gasteiger partial charge on any atom is -0.491 e. The maximum atomic E-state index is 8.52. The van der Waals surface area contributed by atoms with E-state index in [-0.39, 0.29) is 6.79 Å². The van der Waals surface area contributed by atoms with Crippen molar-refractivity contribution in [2.24, 2.45) is 10.5 Å². The summed E-state index contributed by atoms with van der Waals surface area (Å²) in [7, 11) is 3.15. The van der Waals surface area contributed by atoms with Crippen LogP contribution in [0.15, 0.2) is 28.4 Å². The van der Waals surface area contributed by atoms with Gasteiger partial charge in [-0.05, 0) is 40.7 Å². The van der Waals surface area contributed by atoms with E-state index in [0.29, 0.717) is 47.7 Å². The zero-order valence-corrected chi connectivity index (χ0v) is 19.3. The van der Waals surface area contributed by atoms with Crippen LogP contribution in [0.3, 0.4) is 0 Å². The molecule has 0 radical (unpaired) electrons. The molecule has 8 nitrogen and oxygen atoms in total. The van der Waals surface area contributed by atoms with Gasteiger partial charge in [-0.1, -0.05) is 31.5 Å². The Hall–Kier alpha value is -1.80. The maximum absolute atomic E-state index is 8.52. The van der Waals surface area contributed by atoms with Crippen LogP contribution in [0.25, 0.3) is 10.4 Å². The lowest BCUT2D eigenvalue weighted by Gasteiger charge is -2.35. The molecule has 2 unspecified atom stereocenters. The topological polar surface area (TPSA) is 98.6 Å². The van der Waals surface area contributed by atoms with Gasteiger partial charge in [-0.3, -0.25) is 4.98 Å². The maximum Gasteiger partial charge on any atom is 0.186 e. The highest BCUT2D eigenvalue weighted by molar-refractivity contribution is 9.10. The van der Waals surface area contributed by atoms with Gasteiger partial charge in [-0.15, -0.1) is 6.58 Å². The van der Waals surface area contributed by atoms with Crippen molar-refractivity contribution in [1.29, 1.82) is 0 Å². The third kappa shape index (κ3) is 7.19. The molecular weight excluding hydrogens is 440 g/mol. The van der Waals surface area contributed by atoms with E-state index in [1.807, 2.05) is 13.0 Å². The second-order valence-electron chi connectivity index (χ2n) is 6.78. The number of ether oxygens (including phenoxy) is 4. The Balaban J connectivity index is 3.35. The van der Waals surface area contributed by atoms with E-state index < -0.39 is 11.5 Å². The van der Waals surface area contributed by atoms with Crippen LogP contribution in [-0.2, 0) is 9.47 Å². The van der Waals surface area contributed by atoms with Crippen molar-refractivity contribution in [1.82, 2.24) is 4.98 Å². The summed E-state index contributed by atoms with van der Waals surface area (Å²) in [4.78, 5) is 7.40. The second kappa shape index (κ2) is 13.4. The van der Waals surface area contributed by atoms with E-state index >= 15 is 0 Å². The van der Waals surface area contributed by atoms with Gasteiger partial charge in [-0.2, -0.15) is 0 Å². The molecule has 0 fully saturated rings. The third-order valence-electron chi connectivity index (χ3n) is 4.62. The largest absolute Gasteiger partial charge is 0.491 e. The number of pyridine rings is 1. The molecule has 29 heavy (non-hydrogen) atoms. The fourth-order valence-electron chi connectivity index (χ4n) is 2.94. The van der Waals surface area contributed by atoms with Crippen LogP contribution in [0.2, 0.25) is 0 Å². The van der Waals surface area contributed by atoms with E-state index in [1.165, 1.54) is 0 Å². The molecule has 1 rings (SSSR count). The Bertz CT molecular complexity index is 697. The SMILES string of the molecule is C=CC(C)(CCCN=[N+]=[N-])C(OCOC)c1ncc(Br)c(OCCCC)c1OC. The minimum absolute atomic E-state index is 0.0807. The van der Waals surface area contributed by atoms with E-state index in [9.17, 15) is 0 Å². The summed E-state index contributed by atoms with van der Waals surface area (Å²) < 4.78 is 23.6. The van der Waals surface area contributed by atoms with Gasteiger partial charge in [0.1, 0.15) is 18.6 Å². The number of azide groups is 1. The number of hydrogen-bond acceptors (Lipinski definition) is 6. The quantitative estimate of drug-likeness (QED) is 0.0783. The molecule has 162 valence electrons. The standard InChI is InChI=1S/C20H31BrN4O4/c1-6-8-12-28-17-15(21)13-23-16(18(17)27-5)19(29-14-26-4)20(3,7-2)10-9-11-24-25-22/h7,13,19H,2,6,8-12,14H2,1,3-5H3. The lowest BCUT2D eigenvalue weighted by atomic mass is 9.78. The molecular formula is C20H31BrN4O4. The van der Waals surface area contributed by atoms with Crippen LogP contribution in [0.1, 0.15) is 51.3 Å². The van der Waals surface area contributed by atoms with Crippen LogP contribution < -0.4 is 9.47 Å². The summed E-state index contributed by atoms with van der Waals surface area (Å²) >= 11 is 3.50. The third-order valence-corrected chi connectivity index (χ3v) is 5.19. The number of halogens is 1. The highest BCUT2D eigenvalue weighted by atomic mass is 79.9. The summed E-state index contributed by atoms with van der Waals surface area (Å²) in [5.41, 5.74) is 8.62. The first kappa shape index (κ1) is 25.2. The Labute approximate surface area is 181 Å². The van der Waals surface area contributed by atoms with Crippen molar-refractivity contribution in [3.63, 3.8) is 0 Å². The lowest BCUT2D eigenvalue weighted by molar-refractivity contribution is -0.111. The van der Waals surface area contributed by atoms with Gasteiger partial charge in [0.25, 0.3) is 0 Å². The molecule has 0 spiro atoms. The van der Waals surface area contributed by atoms with Gasteiger partial charge in [-0.25, -0.2) is 0 Å². The Morgan fingerprint density at radius 2 is 2.14 bits per heavy atom. The van der Waals surface area contributed by atoms with Gasteiger partial charge in [0.15, 0.2) is 11.5 Å². The van der Waals surface area contributed by atoms with Crippen LogP contribution in [0, 0.1) is 5.41 Å². The highest BCUT2D eigenvalue weighted by Crippen LogP contribution is 2.48. The normalized spacial score (nSPS) is 13.8. The van der Waals surface area contributed by atoms with Crippen LogP contribution >= 0.6 is 15.9 Å². The lowest BCUT2D eigenvalue weighted by Crippen LogP contribution is -2.28. The average molecular weight is 471 g/mol. The molecule has 0 N–H and O–H groups in total. The number of aromatic nitrogens is 1. The molecule has 0 amide bonds. The molecule has 1 aromatic heterocycles. The molecule has 0 bridgehead atoms. The highest BCUT2D eigenvalue weighted by Gasteiger charge is 2.37. The molecule has 0 aliphatic heterocycles. The molecule has 0 saturated heterocycles. The summed E-state index contributed by atoms with van der Waals surface area (Å²) in [6, 6.07) is 0. The van der Waals surface area contributed by atoms with E-state index in [4.69, 9.17) is 24.5 Å². The first-order chi connectivity index (χ1) is 14.0. The summed E-state index contributed by atoms with van der Waals surface area (Å²) in [5.74, 6) is 1.11. The van der Waals surface area contributed by atoms with Gasteiger partial charge in [0, 0.05) is 30.2 Å². The van der Waals surface area contributed by atoms with Crippen molar-refractivity contribution in [2.75, 3.05) is 34.2 Å². The first-order valence-corrected chi connectivity index (χ1v) is 10.4. The van der Waals surface area contributed by atoms with E-state index in [0.717, 1.165) is 12.8 Å². The van der Waals surface area contributed by atoms with Gasteiger partial charge >= 0.3 is 0 Å². The first-order valence-electron chi connectivity index (χ1n) is 9.59. The van der Waals surface area contributed by atoms with Crippen LogP contribution in [-0.4, -0.2) is 39.1 Å². The molecule has 1 heterocycles. The van der Waals surface area contributed by atoms with Crippen molar-refractivity contribution in [2.45, 2.75) is 45.6 Å². The summed E-state index contributed by atoms with van der Waals surface area (Å²) in [6.07, 6.45) is 6.34. The predicted octanol–water partition coefficient (Wildman–Crippen LogP) is 5.98. The zero-order valence-electron chi connectivity index (χ0n) is 17.7. The van der Waals surface area contributed by atoms with Crippen LogP contribution in [0.4, 0.5) is 0 Å². The number of unbranched alkanes of at least 4 members (excludes halogenated alkanes) is 1.